The van der Waals surface area contributed by atoms with E-state index < -0.39 is 0 Å². The first-order valence-corrected chi connectivity index (χ1v) is 15.1. The summed E-state index contributed by atoms with van der Waals surface area (Å²) in [6.07, 6.45) is 28.0. The normalized spacial score (nSPS) is 31.9. The van der Waals surface area contributed by atoms with E-state index in [1.807, 2.05) is 0 Å². The second kappa shape index (κ2) is 13.7. The molecule has 2 fully saturated rings. The van der Waals surface area contributed by atoms with Gasteiger partial charge in [0.15, 0.2) is 0 Å². The van der Waals surface area contributed by atoms with Crippen molar-refractivity contribution < 1.29 is 4.74 Å². The largest absolute Gasteiger partial charge is 0.493 e. The maximum atomic E-state index is 6.16. The van der Waals surface area contributed by atoms with Gasteiger partial charge in [0, 0.05) is 0 Å². The zero-order valence-electron chi connectivity index (χ0n) is 22.4. The summed E-state index contributed by atoms with van der Waals surface area (Å²) >= 11 is 0. The first-order chi connectivity index (χ1) is 16.7. The fourth-order valence-electron chi connectivity index (χ4n) is 7.27. The highest BCUT2D eigenvalue weighted by Crippen LogP contribution is 2.43. The van der Waals surface area contributed by atoms with Crippen LogP contribution in [0.3, 0.4) is 0 Å². The van der Waals surface area contributed by atoms with E-state index in [2.05, 4.69) is 50.3 Å². The molecule has 4 rings (SSSR count). The SMILES string of the molecule is CCCCCC1CCC(C2C=CC(C3CCC(COc4ccc(CCC)cc4)CC3)CC2)CC1. The first kappa shape index (κ1) is 25.8. The van der Waals surface area contributed by atoms with Crippen molar-refractivity contribution in [2.45, 2.75) is 117 Å². The summed E-state index contributed by atoms with van der Waals surface area (Å²) in [6, 6.07) is 8.80. The zero-order chi connectivity index (χ0) is 23.6. The lowest BCUT2D eigenvalue weighted by Gasteiger charge is -2.38. The Morgan fingerprint density at radius 2 is 1.24 bits per heavy atom. The maximum absolute atomic E-state index is 6.16. The molecule has 0 aliphatic heterocycles. The summed E-state index contributed by atoms with van der Waals surface area (Å²) in [5.41, 5.74) is 1.42. The van der Waals surface area contributed by atoms with E-state index in [9.17, 15) is 0 Å². The van der Waals surface area contributed by atoms with E-state index in [1.165, 1.54) is 108 Å². The van der Waals surface area contributed by atoms with Crippen LogP contribution in [0.15, 0.2) is 36.4 Å². The molecule has 3 aliphatic rings. The van der Waals surface area contributed by atoms with Crippen LogP contribution in [0.5, 0.6) is 5.75 Å². The number of benzene rings is 1. The van der Waals surface area contributed by atoms with Crippen LogP contribution >= 0.6 is 0 Å². The van der Waals surface area contributed by atoms with Crippen LogP contribution in [0.4, 0.5) is 0 Å². The van der Waals surface area contributed by atoms with Crippen molar-refractivity contribution in [2.75, 3.05) is 6.61 Å². The molecule has 0 amide bonds. The lowest BCUT2D eigenvalue weighted by molar-refractivity contribution is 0.151. The van der Waals surface area contributed by atoms with Crippen molar-refractivity contribution in [1.29, 1.82) is 0 Å². The smallest absolute Gasteiger partial charge is 0.119 e. The number of aryl methyl sites for hydroxylation is 1. The summed E-state index contributed by atoms with van der Waals surface area (Å²) in [7, 11) is 0. The fraction of sp³-hybridized carbons (Fsp3) is 0.758. The van der Waals surface area contributed by atoms with Crippen molar-refractivity contribution in [3.63, 3.8) is 0 Å². The minimum Gasteiger partial charge on any atom is -0.493 e. The summed E-state index contributed by atoms with van der Waals surface area (Å²) in [5, 5.41) is 0. The third kappa shape index (κ3) is 7.63. The summed E-state index contributed by atoms with van der Waals surface area (Å²) in [5.74, 6) is 6.51. The van der Waals surface area contributed by atoms with Gasteiger partial charge in [0.05, 0.1) is 6.61 Å². The number of hydrogen-bond donors (Lipinski definition) is 0. The molecule has 190 valence electrons. The Hall–Kier alpha value is -1.24. The quantitative estimate of drug-likeness (QED) is 0.234. The van der Waals surface area contributed by atoms with Crippen molar-refractivity contribution in [1.82, 2.24) is 0 Å². The van der Waals surface area contributed by atoms with Gasteiger partial charge < -0.3 is 4.74 Å². The second-order valence-corrected chi connectivity index (χ2v) is 12.1. The lowest BCUT2D eigenvalue weighted by atomic mass is 9.68. The molecule has 0 spiro atoms. The Kier molecular flexibility index (Phi) is 10.4. The Morgan fingerprint density at radius 1 is 0.647 bits per heavy atom. The summed E-state index contributed by atoms with van der Waals surface area (Å²) in [6.45, 7) is 5.47. The van der Waals surface area contributed by atoms with Crippen LogP contribution in [0, 0.1) is 35.5 Å². The van der Waals surface area contributed by atoms with E-state index >= 15 is 0 Å². The highest BCUT2D eigenvalue weighted by molar-refractivity contribution is 5.27. The third-order valence-electron chi connectivity index (χ3n) is 9.60. The monoisotopic (exact) mass is 464 g/mol. The Morgan fingerprint density at radius 3 is 1.76 bits per heavy atom. The number of unbranched alkanes of at least 4 members (excludes halogenated alkanes) is 2. The number of ether oxygens (including phenoxy) is 1. The molecule has 0 N–H and O–H groups in total. The van der Waals surface area contributed by atoms with E-state index in [-0.39, 0.29) is 0 Å². The Balaban J connectivity index is 1.13. The molecule has 1 heteroatoms. The summed E-state index contributed by atoms with van der Waals surface area (Å²) in [4.78, 5) is 0. The highest BCUT2D eigenvalue weighted by Gasteiger charge is 2.32. The third-order valence-corrected chi connectivity index (χ3v) is 9.60. The molecule has 1 aromatic rings. The predicted molar refractivity (Wildman–Crippen MR) is 146 cm³/mol. The molecule has 2 unspecified atom stereocenters. The van der Waals surface area contributed by atoms with Crippen molar-refractivity contribution in [3.05, 3.63) is 42.0 Å². The number of allylic oxidation sites excluding steroid dienone is 2. The second-order valence-electron chi connectivity index (χ2n) is 12.1. The number of hydrogen-bond acceptors (Lipinski definition) is 1. The lowest BCUT2D eigenvalue weighted by Crippen LogP contribution is -2.28. The predicted octanol–water partition coefficient (Wildman–Crippen LogP) is 9.79. The minimum absolute atomic E-state index is 0.749. The Bertz CT molecular complexity index is 703. The van der Waals surface area contributed by atoms with Gasteiger partial charge in [-0.25, -0.2) is 0 Å². The van der Waals surface area contributed by atoms with Gasteiger partial charge in [-0.3, -0.25) is 0 Å². The molecule has 1 aromatic carbocycles. The van der Waals surface area contributed by atoms with Gasteiger partial charge in [0.25, 0.3) is 0 Å². The molecule has 34 heavy (non-hydrogen) atoms. The first-order valence-electron chi connectivity index (χ1n) is 15.1. The van der Waals surface area contributed by atoms with E-state index in [0.717, 1.165) is 47.9 Å². The van der Waals surface area contributed by atoms with Crippen LogP contribution < -0.4 is 4.74 Å². The van der Waals surface area contributed by atoms with E-state index in [1.54, 1.807) is 0 Å². The van der Waals surface area contributed by atoms with Gasteiger partial charge in [-0.15, -0.1) is 0 Å². The van der Waals surface area contributed by atoms with Gasteiger partial charge >= 0.3 is 0 Å². The van der Waals surface area contributed by atoms with Crippen LogP contribution in [-0.2, 0) is 6.42 Å². The molecule has 0 radical (unpaired) electrons. The molecule has 0 bridgehead atoms. The maximum Gasteiger partial charge on any atom is 0.119 e. The fourth-order valence-corrected chi connectivity index (χ4v) is 7.27. The molecular weight excluding hydrogens is 412 g/mol. The average molecular weight is 465 g/mol. The van der Waals surface area contributed by atoms with Crippen LogP contribution in [0.1, 0.15) is 116 Å². The highest BCUT2D eigenvalue weighted by atomic mass is 16.5. The molecule has 0 aromatic heterocycles. The molecule has 2 atom stereocenters. The van der Waals surface area contributed by atoms with Crippen LogP contribution in [-0.4, -0.2) is 6.61 Å². The zero-order valence-corrected chi connectivity index (χ0v) is 22.4. The van der Waals surface area contributed by atoms with E-state index in [0.29, 0.717) is 0 Å². The standard InChI is InChI=1S/C33H52O/c1-3-5-6-8-27-9-15-29(16-10-27)31-19-21-32(22-20-31)30-17-11-28(12-18-30)25-34-33-23-13-26(7-4-2)14-24-33/h13-14,19,21,23-24,27-32H,3-12,15-18,20,22,25H2,1-2H3. The molecular formula is C33H52O. The molecule has 3 aliphatic carbocycles. The summed E-state index contributed by atoms with van der Waals surface area (Å²) < 4.78 is 6.16. The molecule has 0 saturated heterocycles. The Labute approximate surface area is 211 Å². The van der Waals surface area contributed by atoms with Crippen LogP contribution in [0.25, 0.3) is 0 Å². The average Bonchev–Trinajstić information content (AvgIpc) is 2.89. The van der Waals surface area contributed by atoms with Crippen LogP contribution in [0.2, 0.25) is 0 Å². The van der Waals surface area contributed by atoms with Gasteiger partial charge in [-0.2, -0.15) is 0 Å². The van der Waals surface area contributed by atoms with Gasteiger partial charge in [0.1, 0.15) is 5.75 Å². The van der Waals surface area contributed by atoms with E-state index in [4.69, 9.17) is 4.74 Å². The van der Waals surface area contributed by atoms with Gasteiger partial charge in [-0.05, 0) is 111 Å². The topological polar surface area (TPSA) is 9.23 Å². The van der Waals surface area contributed by atoms with Crippen molar-refractivity contribution >= 4 is 0 Å². The van der Waals surface area contributed by atoms with Crippen molar-refractivity contribution in [3.8, 4) is 5.75 Å². The van der Waals surface area contributed by atoms with Gasteiger partial charge in [0.2, 0.25) is 0 Å². The van der Waals surface area contributed by atoms with Gasteiger partial charge in [-0.1, -0.05) is 83.1 Å². The molecule has 2 saturated carbocycles. The van der Waals surface area contributed by atoms with Crippen molar-refractivity contribution in [2.24, 2.45) is 35.5 Å². The minimum atomic E-state index is 0.749. The molecule has 1 nitrogen and oxygen atoms in total. The molecule has 0 heterocycles. The number of rotatable bonds is 11.